The van der Waals surface area contributed by atoms with Crippen LogP contribution < -0.4 is 0 Å². The van der Waals surface area contributed by atoms with E-state index < -0.39 is 10.5 Å². The minimum atomic E-state index is -2.20. The van der Waals surface area contributed by atoms with E-state index in [0.29, 0.717) is 6.54 Å². The third-order valence-corrected chi connectivity index (χ3v) is 1.85. The molecule has 0 aliphatic rings. The third-order valence-electron chi connectivity index (χ3n) is 1.46. The maximum absolute atomic E-state index is 9.92. The molecule has 11 heavy (non-hydrogen) atoms. The summed E-state index contributed by atoms with van der Waals surface area (Å²) in [7, 11) is -2.20. The molecule has 0 radical (unpaired) electrons. The normalized spacial score (nSPS) is 9.55. The van der Waals surface area contributed by atoms with Gasteiger partial charge in [-0.25, -0.2) is 0 Å². The Kier molecular flexibility index (Phi) is 7.46. The summed E-state index contributed by atoms with van der Waals surface area (Å²) in [5.41, 5.74) is 0. The molecule has 0 saturated carbocycles. The van der Waals surface area contributed by atoms with Crippen molar-refractivity contribution in [2.45, 2.75) is 39.0 Å². The fourth-order valence-corrected chi connectivity index (χ4v) is 1.13. The van der Waals surface area contributed by atoms with Crippen LogP contribution in [0.5, 0.6) is 0 Å². The van der Waals surface area contributed by atoms with Crippen molar-refractivity contribution in [3.63, 3.8) is 0 Å². The molecule has 0 aliphatic carbocycles. The van der Waals surface area contributed by atoms with Gasteiger partial charge in [-0.15, -0.1) is 0 Å². The molecule has 0 spiro atoms. The molecule has 0 aromatic carbocycles. The van der Waals surface area contributed by atoms with E-state index in [1.807, 2.05) is 0 Å². The summed E-state index contributed by atoms with van der Waals surface area (Å²) in [4.78, 5) is 0. The molecule has 0 heterocycles. The minimum Gasteiger partial charge on any atom is -0.172 e. The lowest BCUT2D eigenvalue weighted by molar-refractivity contribution is 0.613. The predicted octanol–water partition coefficient (Wildman–Crippen LogP) is 2.02. The number of hydrogen-bond donors (Lipinski definition) is 0. The maximum Gasteiger partial charge on any atom is 0.311 e. The monoisotopic (exact) mass is 177 g/mol. The van der Waals surface area contributed by atoms with Crippen molar-refractivity contribution >= 4 is 10.5 Å². The van der Waals surface area contributed by atoms with Crippen molar-refractivity contribution in [3.8, 4) is 0 Å². The molecule has 0 aromatic heterocycles. The lowest BCUT2D eigenvalue weighted by Crippen LogP contribution is -1.81. The summed E-state index contributed by atoms with van der Waals surface area (Å²) < 4.78 is 23.2. The van der Waals surface area contributed by atoms with E-state index >= 15 is 0 Å². The van der Waals surface area contributed by atoms with E-state index in [2.05, 4.69) is 11.3 Å². The Labute approximate surface area is 69.5 Å². The van der Waals surface area contributed by atoms with E-state index in [1.165, 1.54) is 19.3 Å². The van der Waals surface area contributed by atoms with Crippen molar-refractivity contribution < 1.29 is 8.42 Å². The van der Waals surface area contributed by atoms with Gasteiger partial charge in [-0.1, -0.05) is 32.6 Å². The molecule has 3 nitrogen and oxygen atoms in total. The first kappa shape index (κ1) is 10.6. The Bertz CT molecular complexity index is 188. The largest absolute Gasteiger partial charge is 0.311 e. The number of unbranched alkanes of at least 4 members (excludes halogenated alkanes) is 4. The molecule has 0 aliphatic heterocycles. The first-order valence-electron chi connectivity index (χ1n) is 4.04. The van der Waals surface area contributed by atoms with Crippen LogP contribution in [0.15, 0.2) is 4.36 Å². The average molecular weight is 177 g/mol. The molecule has 0 aromatic rings. The quantitative estimate of drug-likeness (QED) is 0.583. The highest BCUT2D eigenvalue weighted by Crippen LogP contribution is 2.01. The standard InChI is InChI=1S/C7H15NO2S/c1-2-3-4-5-6-7-8-11(9)10/h2-7H2,1H3. The van der Waals surface area contributed by atoms with Gasteiger partial charge in [-0.3, -0.25) is 0 Å². The molecule has 0 bridgehead atoms. The Morgan fingerprint density at radius 2 is 1.73 bits per heavy atom. The number of nitrogens with zero attached hydrogens (tertiary/aromatic N) is 1. The summed E-state index contributed by atoms with van der Waals surface area (Å²) in [6, 6.07) is 0. The van der Waals surface area contributed by atoms with Crippen molar-refractivity contribution in [1.82, 2.24) is 0 Å². The second kappa shape index (κ2) is 7.72. The van der Waals surface area contributed by atoms with Gasteiger partial charge in [0, 0.05) is 0 Å². The molecule has 0 fully saturated rings. The molecule has 4 heteroatoms. The molecule has 0 rings (SSSR count). The summed E-state index contributed by atoms with van der Waals surface area (Å²) in [5.74, 6) is 0. The molecule has 0 N–H and O–H groups in total. The zero-order valence-corrected chi connectivity index (χ0v) is 7.73. The topological polar surface area (TPSA) is 46.5 Å². The van der Waals surface area contributed by atoms with E-state index in [-0.39, 0.29) is 0 Å². The summed E-state index contributed by atoms with van der Waals surface area (Å²) >= 11 is 0. The van der Waals surface area contributed by atoms with Gasteiger partial charge >= 0.3 is 10.5 Å². The van der Waals surface area contributed by atoms with Gasteiger partial charge in [-0.05, 0) is 6.42 Å². The summed E-state index contributed by atoms with van der Waals surface area (Å²) in [5, 5.41) is 0. The minimum absolute atomic E-state index is 0.458. The van der Waals surface area contributed by atoms with Gasteiger partial charge in [0.2, 0.25) is 0 Å². The van der Waals surface area contributed by atoms with E-state index in [1.54, 1.807) is 0 Å². The smallest absolute Gasteiger partial charge is 0.172 e. The number of rotatable bonds is 6. The Hall–Kier alpha value is -0.380. The fraction of sp³-hybridized carbons (Fsp3) is 1.00. The highest BCUT2D eigenvalue weighted by molar-refractivity contribution is 7.61. The van der Waals surface area contributed by atoms with E-state index in [9.17, 15) is 8.42 Å². The van der Waals surface area contributed by atoms with Gasteiger partial charge in [0.15, 0.2) is 0 Å². The number of hydrogen-bond acceptors (Lipinski definition) is 3. The SMILES string of the molecule is CCCCCCCN=S(=O)=O. The molecule has 0 unspecified atom stereocenters. The zero-order valence-electron chi connectivity index (χ0n) is 6.91. The Morgan fingerprint density at radius 3 is 2.27 bits per heavy atom. The van der Waals surface area contributed by atoms with Crippen LogP contribution in [-0.4, -0.2) is 15.0 Å². The van der Waals surface area contributed by atoms with E-state index in [4.69, 9.17) is 0 Å². The van der Waals surface area contributed by atoms with Gasteiger partial charge in [0.05, 0.1) is 6.54 Å². The summed E-state index contributed by atoms with van der Waals surface area (Å²) in [6.07, 6.45) is 5.63. The highest BCUT2D eigenvalue weighted by atomic mass is 32.2. The van der Waals surface area contributed by atoms with Gasteiger partial charge in [-0.2, -0.15) is 12.8 Å². The van der Waals surface area contributed by atoms with Crippen LogP contribution >= 0.6 is 0 Å². The third kappa shape index (κ3) is 9.62. The van der Waals surface area contributed by atoms with Gasteiger partial charge in [0.1, 0.15) is 0 Å². The van der Waals surface area contributed by atoms with Gasteiger partial charge < -0.3 is 0 Å². The van der Waals surface area contributed by atoms with Crippen LogP contribution in [0.25, 0.3) is 0 Å². The van der Waals surface area contributed by atoms with Crippen LogP contribution in [0.2, 0.25) is 0 Å². The zero-order chi connectivity index (χ0) is 8.53. The van der Waals surface area contributed by atoms with Crippen molar-refractivity contribution in [2.75, 3.05) is 6.54 Å². The van der Waals surface area contributed by atoms with Crippen LogP contribution in [0.4, 0.5) is 0 Å². The first-order valence-corrected chi connectivity index (χ1v) is 5.07. The molecular formula is C7H15NO2S. The Morgan fingerprint density at radius 1 is 1.09 bits per heavy atom. The van der Waals surface area contributed by atoms with E-state index in [0.717, 1.165) is 12.8 Å². The molecule has 0 saturated heterocycles. The second-order valence-corrected chi connectivity index (χ2v) is 3.18. The average Bonchev–Trinajstić information content (AvgIpc) is 1.96. The molecule has 0 atom stereocenters. The summed E-state index contributed by atoms with van der Waals surface area (Å²) in [6.45, 7) is 2.61. The second-order valence-electron chi connectivity index (χ2n) is 2.48. The molecule has 66 valence electrons. The first-order chi connectivity index (χ1) is 5.27. The van der Waals surface area contributed by atoms with Crippen molar-refractivity contribution in [3.05, 3.63) is 0 Å². The van der Waals surface area contributed by atoms with Crippen molar-refractivity contribution in [2.24, 2.45) is 4.36 Å². The highest BCUT2D eigenvalue weighted by Gasteiger charge is 1.86. The molecule has 0 amide bonds. The Balaban J connectivity index is 3.09. The molecular weight excluding hydrogens is 162 g/mol. The van der Waals surface area contributed by atoms with Crippen LogP contribution in [0.3, 0.4) is 0 Å². The lowest BCUT2D eigenvalue weighted by atomic mass is 10.2. The van der Waals surface area contributed by atoms with Crippen molar-refractivity contribution in [1.29, 1.82) is 0 Å². The fourth-order valence-electron chi connectivity index (χ4n) is 0.854. The predicted molar refractivity (Wildman–Crippen MR) is 45.0 cm³/mol. The maximum atomic E-state index is 9.92. The lowest BCUT2D eigenvalue weighted by Gasteiger charge is -1.93. The van der Waals surface area contributed by atoms with Crippen LogP contribution in [0.1, 0.15) is 39.0 Å². The van der Waals surface area contributed by atoms with Gasteiger partial charge in [0.25, 0.3) is 0 Å². The van der Waals surface area contributed by atoms with Crippen LogP contribution in [-0.2, 0) is 10.5 Å². The van der Waals surface area contributed by atoms with Crippen LogP contribution in [0, 0.1) is 0 Å².